The standard InChI is InChI=1S/C15H19FN2O2/c1-3-19-15(20-4-2)14-17-13-11(16)6-5-7-12(13)18(14)10-8-9-10/h5-7,10,15H,3-4,8-9H2,1-2H3. The maximum absolute atomic E-state index is 13.9. The van der Waals surface area contributed by atoms with Gasteiger partial charge in [0.1, 0.15) is 5.52 Å². The van der Waals surface area contributed by atoms with Crippen molar-refractivity contribution in [1.82, 2.24) is 9.55 Å². The van der Waals surface area contributed by atoms with E-state index >= 15 is 0 Å². The zero-order valence-electron chi connectivity index (χ0n) is 11.8. The molecule has 4 nitrogen and oxygen atoms in total. The van der Waals surface area contributed by atoms with E-state index in [0.29, 0.717) is 30.6 Å². The smallest absolute Gasteiger partial charge is 0.217 e. The van der Waals surface area contributed by atoms with E-state index in [-0.39, 0.29) is 5.82 Å². The van der Waals surface area contributed by atoms with Crippen LogP contribution in [0, 0.1) is 5.82 Å². The molecule has 0 N–H and O–H groups in total. The van der Waals surface area contributed by atoms with Gasteiger partial charge in [0, 0.05) is 19.3 Å². The van der Waals surface area contributed by atoms with E-state index in [1.807, 2.05) is 19.9 Å². The van der Waals surface area contributed by atoms with Crippen LogP contribution in [0.5, 0.6) is 0 Å². The van der Waals surface area contributed by atoms with Gasteiger partial charge in [-0.2, -0.15) is 0 Å². The van der Waals surface area contributed by atoms with Gasteiger partial charge < -0.3 is 14.0 Å². The number of benzene rings is 1. The van der Waals surface area contributed by atoms with Gasteiger partial charge in [0.15, 0.2) is 11.6 Å². The predicted molar refractivity (Wildman–Crippen MR) is 74.0 cm³/mol. The van der Waals surface area contributed by atoms with Gasteiger partial charge in [-0.1, -0.05) is 6.07 Å². The molecule has 2 aromatic rings. The Morgan fingerprint density at radius 3 is 2.60 bits per heavy atom. The first-order valence-corrected chi connectivity index (χ1v) is 7.15. The molecule has 0 saturated heterocycles. The van der Waals surface area contributed by atoms with Crippen LogP contribution in [0.1, 0.15) is 44.8 Å². The minimum Gasteiger partial charge on any atom is -0.346 e. The SMILES string of the molecule is CCOC(OCC)c1nc2c(F)cccc2n1C1CC1. The lowest BCUT2D eigenvalue weighted by atomic mass is 10.3. The maximum atomic E-state index is 13.9. The van der Waals surface area contributed by atoms with E-state index in [4.69, 9.17) is 9.47 Å². The van der Waals surface area contributed by atoms with Gasteiger partial charge >= 0.3 is 0 Å². The number of hydrogen-bond donors (Lipinski definition) is 0. The molecule has 1 aromatic heterocycles. The van der Waals surface area contributed by atoms with Gasteiger partial charge in [0.2, 0.25) is 6.29 Å². The number of fused-ring (bicyclic) bond motifs is 1. The summed E-state index contributed by atoms with van der Waals surface area (Å²) in [7, 11) is 0. The van der Waals surface area contributed by atoms with Crippen molar-refractivity contribution in [3.63, 3.8) is 0 Å². The van der Waals surface area contributed by atoms with Crippen LogP contribution in [0.15, 0.2) is 18.2 Å². The summed E-state index contributed by atoms with van der Waals surface area (Å²) < 4.78 is 27.3. The summed E-state index contributed by atoms with van der Waals surface area (Å²) in [5.74, 6) is 0.381. The van der Waals surface area contributed by atoms with Gasteiger partial charge in [-0.15, -0.1) is 0 Å². The minimum absolute atomic E-state index is 0.296. The van der Waals surface area contributed by atoms with Crippen LogP contribution in [0.4, 0.5) is 4.39 Å². The molecule has 1 fully saturated rings. The number of rotatable bonds is 6. The Labute approximate surface area is 117 Å². The summed E-state index contributed by atoms with van der Waals surface area (Å²) in [5.41, 5.74) is 1.23. The highest BCUT2D eigenvalue weighted by atomic mass is 19.1. The molecule has 1 heterocycles. The largest absolute Gasteiger partial charge is 0.346 e. The highest BCUT2D eigenvalue weighted by Gasteiger charge is 2.32. The molecule has 0 atom stereocenters. The highest BCUT2D eigenvalue weighted by molar-refractivity contribution is 5.77. The van der Waals surface area contributed by atoms with Crippen LogP contribution < -0.4 is 0 Å². The molecule has 0 unspecified atom stereocenters. The second-order valence-electron chi connectivity index (χ2n) is 4.92. The van der Waals surface area contributed by atoms with Crippen molar-refractivity contribution in [2.75, 3.05) is 13.2 Å². The summed E-state index contributed by atoms with van der Waals surface area (Å²) in [6.07, 6.45) is 1.66. The maximum Gasteiger partial charge on any atom is 0.217 e. The summed E-state index contributed by atoms with van der Waals surface area (Å²) in [6.45, 7) is 4.88. The number of nitrogens with zero attached hydrogens (tertiary/aromatic N) is 2. The summed E-state index contributed by atoms with van der Waals surface area (Å²) in [4.78, 5) is 4.45. The molecule has 0 bridgehead atoms. The summed E-state index contributed by atoms with van der Waals surface area (Å²) in [6, 6.07) is 5.45. The van der Waals surface area contributed by atoms with E-state index in [1.54, 1.807) is 6.07 Å². The normalized spacial score (nSPS) is 15.4. The zero-order chi connectivity index (χ0) is 14.1. The number of aromatic nitrogens is 2. The van der Waals surface area contributed by atoms with Crippen molar-refractivity contribution >= 4 is 11.0 Å². The Hall–Kier alpha value is -1.46. The van der Waals surface area contributed by atoms with Crippen molar-refractivity contribution in [2.24, 2.45) is 0 Å². The van der Waals surface area contributed by atoms with Gasteiger partial charge in [0.05, 0.1) is 5.52 Å². The molecule has 1 aliphatic carbocycles. The van der Waals surface area contributed by atoms with E-state index in [9.17, 15) is 4.39 Å². The molecule has 0 aliphatic heterocycles. The topological polar surface area (TPSA) is 36.3 Å². The molecule has 108 valence electrons. The number of hydrogen-bond acceptors (Lipinski definition) is 3. The number of imidazole rings is 1. The molecular weight excluding hydrogens is 259 g/mol. The van der Waals surface area contributed by atoms with E-state index in [2.05, 4.69) is 9.55 Å². The van der Waals surface area contributed by atoms with Crippen molar-refractivity contribution < 1.29 is 13.9 Å². The van der Waals surface area contributed by atoms with Crippen LogP contribution in [0.3, 0.4) is 0 Å². The Kier molecular flexibility index (Phi) is 3.72. The Balaban J connectivity index is 2.12. The summed E-state index contributed by atoms with van der Waals surface area (Å²) >= 11 is 0. The van der Waals surface area contributed by atoms with Crippen LogP contribution >= 0.6 is 0 Å². The molecular formula is C15H19FN2O2. The van der Waals surface area contributed by atoms with E-state index in [0.717, 1.165) is 18.4 Å². The lowest BCUT2D eigenvalue weighted by molar-refractivity contribution is -0.146. The Bertz CT molecular complexity index is 601. The van der Waals surface area contributed by atoms with Crippen LogP contribution in [-0.4, -0.2) is 22.8 Å². The van der Waals surface area contributed by atoms with Gasteiger partial charge in [-0.3, -0.25) is 0 Å². The lowest BCUT2D eigenvalue weighted by Gasteiger charge is -2.18. The predicted octanol–water partition coefficient (Wildman–Crippen LogP) is 3.58. The molecule has 20 heavy (non-hydrogen) atoms. The molecule has 5 heteroatoms. The second-order valence-corrected chi connectivity index (χ2v) is 4.92. The molecule has 0 amide bonds. The van der Waals surface area contributed by atoms with Crippen LogP contribution in [-0.2, 0) is 9.47 Å². The fourth-order valence-electron chi connectivity index (χ4n) is 2.48. The lowest BCUT2D eigenvalue weighted by Crippen LogP contribution is -2.15. The molecule has 3 rings (SSSR count). The monoisotopic (exact) mass is 278 g/mol. The molecule has 1 aromatic carbocycles. The third-order valence-electron chi connectivity index (χ3n) is 3.46. The number of para-hydroxylation sites is 1. The first-order valence-electron chi connectivity index (χ1n) is 7.15. The average molecular weight is 278 g/mol. The summed E-state index contributed by atoms with van der Waals surface area (Å²) in [5, 5.41) is 0. The molecule has 1 saturated carbocycles. The third kappa shape index (κ3) is 2.31. The van der Waals surface area contributed by atoms with E-state index < -0.39 is 6.29 Å². The number of halogens is 1. The van der Waals surface area contributed by atoms with Crippen molar-refractivity contribution in [2.45, 2.75) is 39.0 Å². The minimum atomic E-state index is -0.530. The first kappa shape index (κ1) is 13.5. The van der Waals surface area contributed by atoms with E-state index in [1.165, 1.54) is 6.07 Å². The Morgan fingerprint density at radius 1 is 1.30 bits per heavy atom. The highest BCUT2D eigenvalue weighted by Crippen LogP contribution is 2.40. The van der Waals surface area contributed by atoms with Crippen LogP contribution in [0.2, 0.25) is 0 Å². The van der Waals surface area contributed by atoms with Crippen molar-refractivity contribution in [3.05, 3.63) is 29.8 Å². The quantitative estimate of drug-likeness (QED) is 0.758. The molecule has 0 spiro atoms. The first-order chi connectivity index (χ1) is 9.76. The Morgan fingerprint density at radius 2 is 2.00 bits per heavy atom. The van der Waals surface area contributed by atoms with Gasteiger partial charge in [-0.25, -0.2) is 9.37 Å². The molecule has 0 radical (unpaired) electrons. The van der Waals surface area contributed by atoms with Crippen LogP contribution in [0.25, 0.3) is 11.0 Å². The van der Waals surface area contributed by atoms with Gasteiger partial charge in [0.25, 0.3) is 0 Å². The zero-order valence-corrected chi connectivity index (χ0v) is 11.8. The number of ether oxygens (including phenoxy) is 2. The van der Waals surface area contributed by atoms with Crippen molar-refractivity contribution in [3.8, 4) is 0 Å². The van der Waals surface area contributed by atoms with Gasteiger partial charge in [-0.05, 0) is 38.8 Å². The second kappa shape index (κ2) is 5.50. The molecule has 1 aliphatic rings. The van der Waals surface area contributed by atoms with Crippen molar-refractivity contribution in [1.29, 1.82) is 0 Å². The third-order valence-corrected chi connectivity index (χ3v) is 3.46. The average Bonchev–Trinajstić information content (AvgIpc) is 3.19. The fourth-order valence-corrected chi connectivity index (χ4v) is 2.48. The fraction of sp³-hybridized carbons (Fsp3) is 0.533.